The normalized spacial score (nSPS) is 15.9. The van der Waals surface area contributed by atoms with Crippen LogP contribution in [0.4, 0.5) is 10.1 Å². The summed E-state index contributed by atoms with van der Waals surface area (Å²) >= 11 is 1.22. The SMILES string of the molecule is Cc1ccc(C2(F)CN(C(=O)c3sc4nnc(C)c(C)c4c3N)C2)cc1. The number of alkyl halides is 1. The Balaban J connectivity index is 1.60. The van der Waals surface area contributed by atoms with Crippen LogP contribution in [-0.2, 0) is 5.67 Å². The highest BCUT2D eigenvalue weighted by molar-refractivity contribution is 7.21. The lowest BCUT2D eigenvalue weighted by atomic mass is 9.87. The number of nitrogens with two attached hydrogens (primary N) is 1. The maximum Gasteiger partial charge on any atom is 0.266 e. The Morgan fingerprint density at radius 3 is 2.50 bits per heavy atom. The molecule has 1 aliphatic rings. The number of thiophene rings is 1. The van der Waals surface area contributed by atoms with Crippen LogP contribution in [0, 0.1) is 20.8 Å². The minimum Gasteiger partial charge on any atom is -0.397 e. The topological polar surface area (TPSA) is 72.1 Å². The second kappa shape index (κ2) is 5.74. The molecule has 0 radical (unpaired) electrons. The van der Waals surface area contributed by atoms with Crippen molar-refractivity contribution in [2.24, 2.45) is 0 Å². The molecule has 1 saturated heterocycles. The van der Waals surface area contributed by atoms with Crippen molar-refractivity contribution in [3.63, 3.8) is 0 Å². The van der Waals surface area contributed by atoms with Crippen molar-refractivity contribution in [2.75, 3.05) is 18.8 Å². The minimum absolute atomic E-state index is 0.0340. The van der Waals surface area contributed by atoms with Crippen LogP contribution in [0.2, 0.25) is 0 Å². The van der Waals surface area contributed by atoms with Gasteiger partial charge in [0, 0.05) is 5.39 Å². The molecule has 0 aliphatic carbocycles. The van der Waals surface area contributed by atoms with Crippen LogP contribution in [0.5, 0.6) is 0 Å². The van der Waals surface area contributed by atoms with E-state index in [4.69, 9.17) is 5.73 Å². The maximum atomic E-state index is 15.1. The minimum atomic E-state index is -1.50. The predicted molar refractivity (Wildman–Crippen MR) is 101 cm³/mol. The zero-order chi connectivity index (χ0) is 18.6. The molecule has 0 bridgehead atoms. The average Bonchev–Trinajstić information content (AvgIpc) is 2.93. The largest absolute Gasteiger partial charge is 0.397 e. The molecule has 2 N–H and O–H groups in total. The van der Waals surface area contributed by atoms with E-state index in [1.807, 2.05) is 32.9 Å². The van der Waals surface area contributed by atoms with E-state index >= 15 is 4.39 Å². The molecular weight excluding hydrogens is 351 g/mol. The van der Waals surface area contributed by atoms with Gasteiger partial charge >= 0.3 is 0 Å². The van der Waals surface area contributed by atoms with Crippen LogP contribution in [0.1, 0.15) is 32.1 Å². The van der Waals surface area contributed by atoms with Crippen LogP contribution in [-0.4, -0.2) is 34.1 Å². The van der Waals surface area contributed by atoms with Crippen molar-refractivity contribution < 1.29 is 9.18 Å². The van der Waals surface area contributed by atoms with E-state index in [9.17, 15) is 4.79 Å². The van der Waals surface area contributed by atoms with E-state index in [-0.39, 0.29) is 19.0 Å². The van der Waals surface area contributed by atoms with Gasteiger partial charge in [-0.1, -0.05) is 29.8 Å². The molecule has 7 heteroatoms. The molecule has 3 aromatic rings. The fourth-order valence-electron chi connectivity index (χ4n) is 3.28. The summed E-state index contributed by atoms with van der Waals surface area (Å²) in [4.78, 5) is 15.4. The van der Waals surface area contributed by atoms with Crippen LogP contribution < -0.4 is 5.73 Å². The molecule has 26 heavy (non-hydrogen) atoms. The molecule has 1 aromatic carbocycles. The molecule has 0 unspecified atom stereocenters. The number of halogens is 1. The van der Waals surface area contributed by atoms with Gasteiger partial charge in [0.05, 0.1) is 24.5 Å². The van der Waals surface area contributed by atoms with Crippen LogP contribution in [0.25, 0.3) is 10.2 Å². The number of carbonyl (C=O) groups is 1. The third-order valence-electron chi connectivity index (χ3n) is 5.07. The third kappa shape index (κ3) is 2.46. The standard InChI is InChI=1S/C19H19FN4OS/c1-10-4-6-13(7-5-10)19(20)8-24(9-19)18(25)16-15(21)14-11(2)12(3)22-23-17(14)26-16/h4-7H,8-9,21H2,1-3H3. The van der Waals surface area contributed by atoms with Gasteiger partial charge in [-0.2, -0.15) is 5.10 Å². The molecule has 4 rings (SSSR count). The summed E-state index contributed by atoms with van der Waals surface area (Å²) in [7, 11) is 0. The van der Waals surface area contributed by atoms with E-state index in [0.29, 0.717) is 21.0 Å². The Bertz CT molecular complexity index is 1020. The summed E-state index contributed by atoms with van der Waals surface area (Å²) in [5, 5.41) is 9.00. The highest BCUT2D eigenvalue weighted by Crippen LogP contribution is 2.40. The van der Waals surface area contributed by atoms with E-state index in [0.717, 1.165) is 22.2 Å². The number of carbonyl (C=O) groups excluding carboxylic acids is 1. The third-order valence-corrected chi connectivity index (χ3v) is 6.15. The molecule has 0 atom stereocenters. The Labute approximate surface area is 154 Å². The maximum absolute atomic E-state index is 15.1. The number of amides is 1. The monoisotopic (exact) mass is 370 g/mol. The van der Waals surface area contributed by atoms with Gasteiger partial charge < -0.3 is 10.6 Å². The number of aryl methyl sites for hydroxylation is 3. The van der Waals surface area contributed by atoms with E-state index in [1.165, 1.54) is 16.2 Å². The number of fused-ring (bicyclic) bond motifs is 1. The number of benzene rings is 1. The Morgan fingerprint density at radius 2 is 1.85 bits per heavy atom. The van der Waals surface area contributed by atoms with Gasteiger partial charge in [0.1, 0.15) is 9.71 Å². The first-order valence-corrected chi connectivity index (χ1v) is 9.19. The van der Waals surface area contributed by atoms with Crippen molar-refractivity contribution in [2.45, 2.75) is 26.4 Å². The van der Waals surface area contributed by atoms with Gasteiger partial charge in [-0.15, -0.1) is 16.4 Å². The summed E-state index contributed by atoms with van der Waals surface area (Å²) in [5.41, 5.74) is 8.53. The number of hydrogen-bond acceptors (Lipinski definition) is 5. The Morgan fingerprint density at radius 1 is 1.19 bits per heavy atom. The lowest BCUT2D eigenvalue weighted by Gasteiger charge is -2.44. The zero-order valence-electron chi connectivity index (χ0n) is 14.8. The highest BCUT2D eigenvalue weighted by atomic mass is 32.1. The summed E-state index contributed by atoms with van der Waals surface area (Å²) in [5.74, 6) is -0.247. The van der Waals surface area contributed by atoms with Crippen molar-refractivity contribution in [3.8, 4) is 0 Å². The first kappa shape index (κ1) is 16.9. The van der Waals surface area contributed by atoms with E-state index in [2.05, 4.69) is 10.2 Å². The van der Waals surface area contributed by atoms with Gasteiger partial charge in [-0.25, -0.2) is 4.39 Å². The van der Waals surface area contributed by atoms with Crippen molar-refractivity contribution in [3.05, 3.63) is 51.5 Å². The van der Waals surface area contributed by atoms with Gasteiger partial charge in [-0.05, 0) is 31.9 Å². The number of aromatic nitrogens is 2. The molecule has 2 aromatic heterocycles. The van der Waals surface area contributed by atoms with Crippen molar-refractivity contribution in [1.29, 1.82) is 0 Å². The smallest absolute Gasteiger partial charge is 0.266 e. The number of hydrogen-bond donors (Lipinski definition) is 1. The Kier molecular flexibility index (Phi) is 3.73. The average molecular weight is 370 g/mol. The Hall–Kier alpha value is -2.54. The fraction of sp³-hybridized carbons (Fsp3) is 0.316. The van der Waals surface area contributed by atoms with Gasteiger partial charge in [-0.3, -0.25) is 4.79 Å². The summed E-state index contributed by atoms with van der Waals surface area (Å²) < 4.78 is 15.1. The van der Waals surface area contributed by atoms with Gasteiger partial charge in [0.25, 0.3) is 5.91 Å². The molecule has 1 aliphatic heterocycles. The van der Waals surface area contributed by atoms with Crippen LogP contribution in [0.3, 0.4) is 0 Å². The number of nitrogens with zero attached hydrogens (tertiary/aromatic N) is 3. The molecule has 0 saturated carbocycles. The van der Waals surface area contributed by atoms with E-state index in [1.54, 1.807) is 12.1 Å². The summed E-state index contributed by atoms with van der Waals surface area (Å²) in [6.07, 6.45) is 0. The quantitative estimate of drug-likeness (QED) is 0.749. The van der Waals surface area contributed by atoms with Gasteiger partial charge in [0.2, 0.25) is 0 Å². The lowest BCUT2D eigenvalue weighted by Crippen LogP contribution is -2.58. The van der Waals surface area contributed by atoms with Crippen LogP contribution in [0.15, 0.2) is 24.3 Å². The highest BCUT2D eigenvalue weighted by Gasteiger charge is 2.48. The first-order valence-electron chi connectivity index (χ1n) is 8.37. The molecule has 0 spiro atoms. The number of anilines is 1. The summed E-state index contributed by atoms with van der Waals surface area (Å²) in [6.45, 7) is 5.80. The van der Waals surface area contributed by atoms with Crippen molar-refractivity contribution in [1.82, 2.24) is 15.1 Å². The molecule has 3 heterocycles. The summed E-state index contributed by atoms with van der Waals surface area (Å²) in [6, 6.07) is 7.34. The molecule has 1 amide bonds. The van der Waals surface area contributed by atoms with Crippen molar-refractivity contribution >= 4 is 33.1 Å². The lowest BCUT2D eigenvalue weighted by molar-refractivity contribution is -0.0227. The molecular formula is C19H19FN4OS. The van der Waals surface area contributed by atoms with Gasteiger partial charge in [0.15, 0.2) is 5.67 Å². The van der Waals surface area contributed by atoms with Crippen LogP contribution >= 0.6 is 11.3 Å². The molecule has 134 valence electrons. The molecule has 1 fully saturated rings. The second-order valence-corrected chi connectivity index (χ2v) is 7.93. The number of likely N-dealkylation sites (tertiary alicyclic amines) is 1. The zero-order valence-corrected chi connectivity index (χ0v) is 15.7. The second-order valence-electron chi connectivity index (χ2n) is 6.93. The number of rotatable bonds is 2. The molecule has 5 nitrogen and oxygen atoms in total. The van der Waals surface area contributed by atoms with E-state index < -0.39 is 5.67 Å². The fourth-order valence-corrected chi connectivity index (χ4v) is 4.35. The predicted octanol–water partition coefficient (Wildman–Crippen LogP) is 3.52. The first-order chi connectivity index (χ1) is 12.3. The number of nitrogen functional groups attached to an aromatic ring is 1.